The molecule has 1 atom stereocenters. The van der Waals surface area contributed by atoms with Crippen LogP contribution >= 0.6 is 0 Å². The van der Waals surface area contributed by atoms with E-state index in [9.17, 15) is 4.79 Å². The molecule has 0 saturated carbocycles. The number of rotatable bonds is 5. The molecule has 4 heteroatoms. The minimum Gasteiger partial charge on any atom is -0.796 e. The van der Waals surface area contributed by atoms with Gasteiger partial charge in [0.25, 0.3) is 0 Å². The van der Waals surface area contributed by atoms with Crippen molar-refractivity contribution in [2.45, 2.75) is 45.3 Å². The fraction of sp³-hybridized carbons (Fsp3) is 0.727. The van der Waals surface area contributed by atoms with E-state index in [0.717, 1.165) is 12.8 Å². The summed E-state index contributed by atoms with van der Waals surface area (Å²) < 4.78 is 5.13. The molecule has 0 fully saturated rings. The molecule has 90 valence electrons. The lowest BCUT2D eigenvalue weighted by Crippen LogP contribution is -2.77. The van der Waals surface area contributed by atoms with Gasteiger partial charge >= 0.3 is 5.97 Å². The predicted octanol–water partition coefficient (Wildman–Crippen LogP) is 1.07. The minimum absolute atomic E-state index is 0.159. The van der Waals surface area contributed by atoms with E-state index in [4.69, 9.17) is 4.74 Å². The first-order valence-electron chi connectivity index (χ1n) is 5.09. The zero-order valence-electron chi connectivity index (χ0n) is 10.2. The van der Waals surface area contributed by atoms with Gasteiger partial charge in [-0.25, -0.2) is 4.79 Å². The van der Waals surface area contributed by atoms with Crippen molar-refractivity contribution < 1.29 is 15.3 Å². The van der Waals surface area contributed by atoms with Gasteiger partial charge in [-0.1, -0.05) is 20.4 Å². The third-order valence-electron chi connectivity index (χ3n) is 2.73. The number of carbonyl (C=O) groups excluding carboxylic acids is 1. The van der Waals surface area contributed by atoms with Gasteiger partial charge in [0.1, 0.15) is 5.54 Å². The Bertz CT molecular complexity index is 191. The number of quaternary nitrogens is 1. The van der Waals surface area contributed by atoms with Gasteiger partial charge in [-0.2, -0.15) is 6.26 Å². The zero-order chi connectivity index (χ0) is 12.5. The lowest BCUT2D eigenvalue weighted by Gasteiger charge is -2.28. The summed E-state index contributed by atoms with van der Waals surface area (Å²) in [4.78, 5) is 10.9. The zero-order valence-corrected chi connectivity index (χ0v) is 11.0. The Balaban J connectivity index is 0. The molecule has 0 bridgehead atoms. The molecular weight excluding hydrogens is 210 g/mol. The van der Waals surface area contributed by atoms with Crippen LogP contribution in [0.1, 0.15) is 33.6 Å². The van der Waals surface area contributed by atoms with Crippen LogP contribution in [-0.2, 0) is 22.2 Å². The Kier molecular flexibility index (Phi) is 9.93. The van der Waals surface area contributed by atoms with Crippen LogP contribution in [0.2, 0.25) is 0 Å². The van der Waals surface area contributed by atoms with Crippen LogP contribution in [0.25, 0.3) is 0 Å². The highest BCUT2D eigenvalue weighted by molar-refractivity contribution is 7.57. The van der Waals surface area contributed by atoms with Crippen molar-refractivity contribution >= 4 is 18.6 Å². The van der Waals surface area contributed by atoms with E-state index >= 15 is 0 Å². The third-order valence-corrected chi connectivity index (χ3v) is 2.73. The van der Waals surface area contributed by atoms with Crippen LogP contribution < -0.4 is 5.73 Å². The van der Waals surface area contributed by atoms with E-state index in [1.807, 2.05) is 6.92 Å². The summed E-state index contributed by atoms with van der Waals surface area (Å²) in [7, 11) is 0. The first-order valence-corrected chi connectivity index (χ1v) is 5.91. The quantitative estimate of drug-likeness (QED) is 0.439. The van der Waals surface area contributed by atoms with Gasteiger partial charge in [0.2, 0.25) is 0 Å². The van der Waals surface area contributed by atoms with Crippen molar-refractivity contribution in [2.24, 2.45) is 0 Å². The smallest absolute Gasteiger partial charge is 0.330 e. The summed E-state index contributed by atoms with van der Waals surface area (Å²) >= 11 is 4.08. The van der Waals surface area contributed by atoms with Gasteiger partial charge in [0.15, 0.2) is 6.10 Å². The molecular formula is C11H23NO2S. The number of hydrogen-bond acceptors (Lipinski definition) is 3. The first kappa shape index (κ1) is 16.9. The van der Waals surface area contributed by atoms with Gasteiger partial charge in [-0.05, 0) is 6.92 Å². The number of hydrogen-bond donors (Lipinski definition) is 1. The third kappa shape index (κ3) is 5.85. The highest BCUT2D eigenvalue weighted by atomic mass is 32.1. The summed E-state index contributed by atoms with van der Waals surface area (Å²) in [6, 6.07) is 0. The molecule has 0 aliphatic carbocycles. The van der Waals surface area contributed by atoms with Crippen LogP contribution in [0, 0.1) is 0 Å². The van der Waals surface area contributed by atoms with Gasteiger partial charge in [0, 0.05) is 18.9 Å². The van der Waals surface area contributed by atoms with Gasteiger partial charge in [-0.15, -0.1) is 0 Å². The maximum Gasteiger partial charge on any atom is 0.330 e. The lowest BCUT2D eigenvalue weighted by atomic mass is 9.88. The molecule has 0 heterocycles. The van der Waals surface area contributed by atoms with Gasteiger partial charge in [0.05, 0.1) is 0 Å². The fourth-order valence-electron chi connectivity index (χ4n) is 1.17. The molecule has 0 aromatic heterocycles. The molecule has 15 heavy (non-hydrogen) atoms. The largest absolute Gasteiger partial charge is 0.796 e. The SMILES string of the molecule is C=CC(=O)OC(C)C([NH3+])(CC)CC.C[S-]. The number of ether oxygens (including phenoxy) is 1. The molecule has 0 saturated heterocycles. The predicted molar refractivity (Wildman–Crippen MR) is 65.2 cm³/mol. The molecule has 1 unspecified atom stereocenters. The van der Waals surface area contributed by atoms with E-state index < -0.39 is 0 Å². The van der Waals surface area contributed by atoms with E-state index in [-0.39, 0.29) is 17.6 Å². The van der Waals surface area contributed by atoms with Crippen molar-refractivity contribution in [2.75, 3.05) is 6.26 Å². The Hall–Kier alpha value is -0.480. The monoisotopic (exact) mass is 233 g/mol. The van der Waals surface area contributed by atoms with E-state index in [1.54, 1.807) is 6.26 Å². The van der Waals surface area contributed by atoms with Gasteiger partial charge < -0.3 is 23.1 Å². The maximum absolute atomic E-state index is 10.9. The number of carbonyl (C=O) groups is 1. The molecule has 0 radical (unpaired) electrons. The average Bonchev–Trinajstić information content (AvgIpc) is 2.30. The van der Waals surface area contributed by atoms with Crippen molar-refractivity contribution in [3.63, 3.8) is 0 Å². The van der Waals surface area contributed by atoms with Crippen LogP contribution in [0.4, 0.5) is 0 Å². The molecule has 0 spiro atoms. The first-order chi connectivity index (χ1) is 7.00. The summed E-state index contributed by atoms with van der Waals surface area (Å²) in [6.45, 7) is 9.33. The second kappa shape index (κ2) is 8.80. The second-order valence-electron chi connectivity index (χ2n) is 3.35. The average molecular weight is 233 g/mol. The van der Waals surface area contributed by atoms with Crippen LogP contribution in [0.5, 0.6) is 0 Å². The Morgan fingerprint density at radius 3 is 2.20 bits per heavy atom. The van der Waals surface area contributed by atoms with Crippen LogP contribution in [0.15, 0.2) is 12.7 Å². The topological polar surface area (TPSA) is 53.9 Å². The summed E-state index contributed by atoms with van der Waals surface area (Å²) in [6.07, 6.45) is 4.40. The fourth-order valence-corrected chi connectivity index (χ4v) is 1.17. The van der Waals surface area contributed by atoms with Crippen molar-refractivity contribution in [1.29, 1.82) is 0 Å². The van der Waals surface area contributed by atoms with Crippen molar-refractivity contribution in [1.82, 2.24) is 0 Å². The minimum atomic E-state index is -0.373. The van der Waals surface area contributed by atoms with Gasteiger partial charge in [-0.3, -0.25) is 0 Å². The lowest BCUT2D eigenvalue weighted by molar-refractivity contribution is -0.496. The normalized spacial score (nSPS) is 12.1. The summed E-state index contributed by atoms with van der Waals surface area (Å²) in [5.41, 5.74) is 3.91. The second-order valence-corrected chi connectivity index (χ2v) is 3.35. The summed E-state index contributed by atoms with van der Waals surface area (Å²) in [5.74, 6) is -0.373. The Morgan fingerprint density at radius 2 is 1.93 bits per heavy atom. The Morgan fingerprint density at radius 1 is 1.53 bits per heavy atom. The molecule has 0 amide bonds. The highest BCUT2D eigenvalue weighted by Crippen LogP contribution is 2.16. The van der Waals surface area contributed by atoms with Crippen molar-refractivity contribution in [3.05, 3.63) is 12.7 Å². The maximum atomic E-state index is 10.9. The van der Waals surface area contributed by atoms with E-state index in [1.165, 1.54) is 6.08 Å². The van der Waals surface area contributed by atoms with Crippen LogP contribution in [0.3, 0.4) is 0 Å². The van der Waals surface area contributed by atoms with E-state index in [0.29, 0.717) is 0 Å². The van der Waals surface area contributed by atoms with E-state index in [2.05, 4.69) is 38.8 Å². The molecule has 0 aliphatic rings. The standard InChI is InChI=1S/C10H19NO2.CH4S/c1-5-9(12)13-8(4)10(11,6-2)7-3;1-2/h5,8H,1,6-7,11H2,2-4H3;2H,1H3. The van der Waals surface area contributed by atoms with Crippen molar-refractivity contribution in [3.8, 4) is 0 Å². The number of esters is 1. The molecule has 0 aromatic rings. The molecule has 3 nitrogen and oxygen atoms in total. The molecule has 0 aliphatic heterocycles. The molecule has 0 rings (SSSR count). The Labute approximate surface area is 98.5 Å². The highest BCUT2D eigenvalue weighted by Gasteiger charge is 2.34. The molecule has 0 aromatic carbocycles. The molecule has 3 N–H and O–H groups in total. The van der Waals surface area contributed by atoms with Crippen LogP contribution in [-0.4, -0.2) is 23.9 Å². The summed E-state index contributed by atoms with van der Waals surface area (Å²) in [5, 5.41) is 0.